The highest BCUT2D eigenvalue weighted by Crippen LogP contribution is 2.18. The van der Waals surface area contributed by atoms with E-state index in [2.05, 4.69) is 9.97 Å². The first-order valence-electron chi connectivity index (χ1n) is 6.10. The van der Waals surface area contributed by atoms with Gasteiger partial charge in [0.15, 0.2) is 0 Å². The number of nitrogens with zero attached hydrogens (tertiary/aromatic N) is 4. The molecule has 0 saturated carbocycles. The third kappa shape index (κ3) is 2.98. The van der Waals surface area contributed by atoms with Gasteiger partial charge in [-0.05, 0) is 18.9 Å². The topological polar surface area (TPSA) is 86.6 Å². The van der Waals surface area contributed by atoms with E-state index in [9.17, 15) is 9.59 Å². The summed E-state index contributed by atoms with van der Waals surface area (Å²) in [6, 6.07) is 0.998. The Morgan fingerprint density at radius 1 is 1.47 bits per heavy atom. The SMILES string of the molecule is CN(CC(=O)N1CCCC1C(=O)O)c1ncccn1. The van der Waals surface area contributed by atoms with Gasteiger partial charge in [0.25, 0.3) is 0 Å². The second-order valence-electron chi connectivity index (χ2n) is 4.49. The smallest absolute Gasteiger partial charge is 0.326 e. The van der Waals surface area contributed by atoms with Crippen LogP contribution in [0.5, 0.6) is 0 Å². The Bertz CT molecular complexity index is 465. The molecule has 1 aliphatic rings. The number of carbonyl (C=O) groups excluding carboxylic acids is 1. The lowest BCUT2D eigenvalue weighted by molar-refractivity contribution is -0.147. The fourth-order valence-corrected chi connectivity index (χ4v) is 2.17. The van der Waals surface area contributed by atoms with E-state index in [1.165, 1.54) is 4.90 Å². The fraction of sp³-hybridized carbons (Fsp3) is 0.500. The van der Waals surface area contributed by atoms with Crippen molar-refractivity contribution in [1.82, 2.24) is 14.9 Å². The van der Waals surface area contributed by atoms with Gasteiger partial charge in [-0.1, -0.05) is 0 Å². The van der Waals surface area contributed by atoms with Crippen LogP contribution in [0.25, 0.3) is 0 Å². The van der Waals surface area contributed by atoms with Crippen molar-refractivity contribution in [1.29, 1.82) is 0 Å². The van der Waals surface area contributed by atoms with E-state index >= 15 is 0 Å². The maximum atomic E-state index is 12.1. The quantitative estimate of drug-likeness (QED) is 0.823. The first kappa shape index (κ1) is 13.3. The van der Waals surface area contributed by atoms with Crippen molar-refractivity contribution in [3.8, 4) is 0 Å². The van der Waals surface area contributed by atoms with Crippen LogP contribution >= 0.6 is 0 Å². The second kappa shape index (κ2) is 5.64. The summed E-state index contributed by atoms with van der Waals surface area (Å²) in [6.45, 7) is 0.576. The summed E-state index contributed by atoms with van der Waals surface area (Å²) >= 11 is 0. The third-order valence-corrected chi connectivity index (χ3v) is 3.12. The van der Waals surface area contributed by atoms with Gasteiger partial charge in [0, 0.05) is 26.0 Å². The van der Waals surface area contributed by atoms with E-state index in [-0.39, 0.29) is 12.5 Å². The molecular weight excluding hydrogens is 248 g/mol. The molecule has 1 saturated heterocycles. The lowest BCUT2D eigenvalue weighted by Gasteiger charge is -2.24. The molecule has 1 unspecified atom stereocenters. The van der Waals surface area contributed by atoms with Gasteiger partial charge >= 0.3 is 5.97 Å². The minimum Gasteiger partial charge on any atom is -0.480 e. The molecule has 0 aromatic carbocycles. The zero-order valence-corrected chi connectivity index (χ0v) is 10.7. The number of aliphatic carboxylic acids is 1. The molecule has 1 amide bonds. The average molecular weight is 264 g/mol. The molecule has 1 aromatic heterocycles. The van der Waals surface area contributed by atoms with Crippen LogP contribution in [0, 0.1) is 0 Å². The Morgan fingerprint density at radius 2 is 2.16 bits per heavy atom. The molecule has 1 N–H and O–H groups in total. The average Bonchev–Trinajstić information content (AvgIpc) is 2.89. The molecule has 0 bridgehead atoms. The van der Waals surface area contributed by atoms with E-state index in [0.717, 1.165) is 6.42 Å². The number of aromatic nitrogens is 2. The molecule has 1 atom stereocenters. The van der Waals surface area contributed by atoms with Gasteiger partial charge in [0.1, 0.15) is 6.04 Å². The molecule has 0 aliphatic carbocycles. The summed E-state index contributed by atoms with van der Waals surface area (Å²) < 4.78 is 0. The zero-order chi connectivity index (χ0) is 13.8. The molecule has 0 spiro atoms. The largest absolute Gasteiger partial charge is 0.480 e. The van der Waals surface area contributed by atoms with E-state index in [1.807, 2.05) is 0 Å². The van der Waals surface area contributed by atoms with Crippen LogP contribution < -0.4 is 4.90 Å². The molecule has 1 aromatic rings. The Morgan fingerprint density at radius 3 is 2.79 bits per heavy atom. The molecule has 7 heteroatoms. The van der Waals surface area contributed by atoms with Crippen molar-refractivity contribution in [2.75, 3.05) is 25.0 Å². The number of hydrogen-bond donors (Lipinski definition) is 1. The number of carboxylic acids is 1. The Balaban J connectivity index is 1.99. The molecular formula is C12H16N4O3. The number of likely N-dealkylation sites (N-methyl/N-ethyl adjacent to an activating group) is 1. The Hall–Kier alpha value is -2.18. The third-order valence-electron chi connectivity index (χ3n) is 3.12. The van der Waals surface area contributed by atoms with Crippen LogP contribution in [0.2, 0.25) is 0 Å². The molecule has 1 aliphatic heterocycles. The lowest BCUT2D eigenvalue weighted by Crippen LogP contribution is -2.45. The molecule has 102 valence electrons. The van der Waals surface area contributed by atoms with E-state index in [4.69, 9.17) is 5.11 Å². The first-order chi connectivity index (χ1) is 9.09. The van der Waals surface area contributed by atoms with Crippen LogP contribution in [0.3, 0.4) is 0 Å². The van der Waals surface area contributed by atoms with Crippen LogP contribution in [0.1, 0.15) is 12.8 Å². The van der Waals surface area contributed by atoms with E-state index in [1.54, 1.807) is 30.4 Å². The predicted octanol–water partition coefficient (Wildman–Crippen LogP) is -0.0116. The fourth-order valence-electron chi connectivity index (χ4n) is 2.17. The minimum atomic E-state index is -0.940. The summed E-state index contributed by atoms with van der Waals surface area (Å²) in [5.74, 6) is -0.703. The number of hydrogen-bond acceptors (Lipinski definition) is 5. The standard InChI is InChI=1S/C12H16N4O3/c1-15(12-13-5-3-6-14-12)8-10(17)16-7-2-4-9(16)11(18)19/h3,5-6,9H,2,4,7-8H2,1H3,(H,18,19). The number of rotatable bonds is 4. The first-order valence-corrected chi connectivity index (χ1v) is 6.10. The van der Waals surface area contributed by atoms with Crippen molar-refractivity contribution in [3.63, 3.8) is 0 Å². The maximum Gasteiger partial charge on any atom is 0.326 e. The van der Waals surface area contributed by atoms with Crippen LogP contribution in [-0.2, 0) is 9.59 Å². The normalized spacial score (nSPS) is 18.4. The number of carboxylic acid groups (broad SMARTS) is 1. The number of likely N-dealkylation sites (tertiary alicyclic amines) is 1. The highest BCUT2D eigenvalue weighted by atomic mass is 16.4. The van der Waals surface area contributed by atoms with Gasteiger partial charge in [-0.3, -0.25) is 4.79 Å². The van der Waals surface area contributed by atoms with Crippen LogP contribution in [0.15, 0.2) is 18.5 Å². The molecule has 1 fully saturated rings. The zero-order valence-electron chi connectivity index (χ0n) is 10.7. The maximum absolute atomic E-state index is 12.1. The summed E-state index contributed by atoms with van der Waals surface area (Å²) in [4.78, 5) is 34.3. The van der Waals surface area contributed by atoms with E-state index < -0.39 is 12.0 Å². The van der Waals surface area contributed by atoms with Crippen molar-refractivity contribution >= 4 is 17.8 Å². The van der Waals surface area contributed by atoms with E-state index in [0.29, 0.717) is 18.9 Å². The lowest BCUT2D eigenvalue weighted by atomic mass is 10.2. The second-order valence-corrected chi connectivity index (χ2v) is 4.49. The van der Waals surface area contributed by atoms with Gasteiger partial charge < -0.3 is 14.9 Å². The summed E-state index contributed by atoms with van der Waals surface area (Å²) in [5.41, 5.74) is 0. The minimum absolute atomic E-state index is 0.0772. The number of anilines is 1. The van der Waals surface area contributed by atoms with Gasteiger partial charge in [-0.25, -0.2) is 14.8 Å². The monoisotopic (exact) mass is 264 g/mol. The molecule has 2 heterocycles. The highest BCUT2D eigenvalue weighted by Gasteiger charge is 2.34. The van der Waals surface area contributed by atoms with Gasteiger partial charge in [0.05, 0.1) is 6.54 Å². The Kier molecular flexibility index (Phi) is 3.94. The molecule has 7 nitrogen and oxygen atoms in total. The van der Waals surface area contributed by atoms with Crippen molar-refractivity contribution < 1.29 is 14.7 Å². The summed E-state index contributed by atoms with van der Waals surface area (Å²) in [6.07, 6.45) is 4.44. The molecule has 0 radical (unpaired) electrons. The molecule has 19 heavy (non-hydrogen) atoms. The highest BCUT2D eigenvalue weighted by molar-refractivity contribution is 5.86. The molecule has 2 rings (SSSR count). The summed E-state index contributed by atoms with van der Waals surface area (Å²) in [7, 11) is 1.71. The number of carbonyl (C=O) groups is 2. The summed E-state index contributed by atoms with van der Waals surface area (Å²) in [5, 5.41) is 9.05. The van der Waals surface area contributed by atoms with Crippen molar-refractivity contribution in [2.24, 2.45) is 0 Å². The van der Waals surface area contributed by atoms with Gasteiger partial charge in [0.2, 0.25) is 11.9 Å². The van der Waals surface area contributed by atoms with Crippen molar-refractivity contribution in [3.05, 3.63) is 18.5 Å². The Labute approximate surface area is 110 Å². The van der Waals surface area contributed by atoms with Gasteiger partial charge in [-0.15, -0.1) is 0 Å². The predicted molar refractivity (Wildman–Crippen MR) is 67.7 cm³/mol. The van der Waals surface area contributed by atoms with Crippen LogP contribution in [0.4, 0.5) is 5.95 Å². The number of amides is 1. The van der Waals surface area contributed by atoms with Crippen LogP contribution in [-0.4, -0.2) is 58.0 Å². The van der Waals surface area contributed by atoms with Crippen molar-refractivity contribution in [2.45, 2.75) is 18.9 Å². The van der Waals surface area contributed by atoms with Gasteiger partial charge in [-0.2, -0.15) is 0 Å².